The molecule has 0 fully saturated rings. The van der Waals surface area contributed by atoms with Gasteiger partial charge in [0.2, 0.25) is 0 Å². The van der Waals surface area contributed by atoms with Crippen LogP contribution in [0.3, 0.4) is 0 Å². The largest absolute Gasteiger partial charge is 0.0654 e. The fourth-order valence-electron chi connectivity index (χ4n) is 1.31. The SMILES string of the molecule is [CH2]C(C[CH]CCCC)CCCC. The number of unbranched alkanes of at least 4 members (excludes halogenated alkanes) is 4. The van der Waals surface area contributed by atoms with Gasteiger partial charge in [0.25, 0.3) is 0 Å². The van der Waals surface area contributed by atoms with Gasteiger partial charge in [-0.05, 0) is 18.8 Å². The molecule has 72 valence electrons. The zero-order valence-corrected chi connectivity index (χ0v) is 8.81. The Kier molecular flexibility index (Phi) is 9.09. The third kappa shape index (κ3) is 8.10. The van der Waals surface area contributed by atoms with Crippen molar-refractivity contribution in [1.29, 1.82) is 0 Å². The molecule has 0 saturated carbocycles. The van der Waals surface area contributed by atoms with Gasteiger partial charge >= 0.3 is 0 Å². The van der Waals surface area contributed by atoms with E-state index in [1.54, 1.807) is 0 Å². The maximum absolute atomic E-state index is 4.14. The minimum absolute atomic E-state index is 0.668. The van der Waals surface area contributed by atoms with E-state index in [1.807, 2.05) is 0 Å². The van der Waals surface area contributed by atoms with Gasteiger partial charge in [-0.2, -0.15) is 0 Å². The number of hydrogen-bond acceptors (Lipinski definition) is 0. The average Bonchev–Trinajstić information content (AvgIpc) is 2.09. The predicted octanol–water partition coefficient (Wildman–Crippen LogP) is 4.41. The Morgan fingerprint density at radius 2 is 1.83 bits per heavy atom. The molecular formula is C12H24. The van der Waals surface area contributed by atoms with Crippen molar-refractivity contribution in [2.45, 2.75) is 58.8 Å². The van der Waals surface area contributed by atoms with Crippen molar-refractivity contribution >= 4 is 0 Å². The molecule has 0 N–H and O–H groups in total. The maximum atomic E-state index is 4.14. The molecule has 0 nitrogen and oxygen atoms in total. The fourth-order valence-corrected chi connectivity index (χ4v) is 1.31. The Labute approximate surface area is 78.8 Å². The Balaban J connectivity index is 3.02. The molecule has 12 heavy (non-hydrogen) atoms. The molecule has 0 aromatic rings. The van der Waals surface area contributed by atoms with Crippen LogP contribution < -0.4 is 0 Å². The van der Waals surface area contributed by atoms with Crippen molar-refractivity contribution in [3.63, 3.8) is 0 Å². The molecule has 0 aromatic heterocycles. The Morgan fingerprint density at radius 3 is 2.42 bits per heavy atom. The molecular weight excluding hydrogens is 144 g/mol. The lowest BCUT2D eigenvalue weighted by molar-refractivity contribution is 0.533. The average molecular weight is 168 g/mol. The minimum Gasteiger partial charge on any atom is -0.0654 e. The fraction of sp³-hybridized carbons (Fsp3) is 0.833. The van der Waals surface area contributed by atoms with Gasteiger partial charge in [0, 0.05) is 0 Å². The van der Waals surface area contributed by atoms with E-state index in [2.05, 4.69) is 27.2 Å². The van der Waals surface area contributed by atoms with Crippen LogP contribution >= 0.6 is 0 Å². The van der Waals surface area contributed by atoms with Gasteiger partial charge in [-0.1, -0.05) is 59.3 Å². The molecule has 0 rings (SSSR count). The lowest BCUT2D eigenvalue weighted by Crippen LogP contribution is -1.95. The second-order valence-corrected chi connectivity index (χ2v) is 3.67. The molecule has 0 aliphatic rings. The van der Waals surface area contributed by atoms with E-state index in [9.17, 15) is 0 Å². The third-order valence-corrected chi connectivity index (χ3v) is 2.23. The van der Waals surface area contributed by atoms with Gasteiger partial charge in [-0.3, -0.25) is 0 Å². The topological polar surface area (TPSA) is 0 Å². The highest BCUT2D eigenvalue weighted by Crippen LogP contribution is 2.14. The van der Waals surface area contributed by atoms with E-state index in [-0.39, 0.29) is 0 Å². The summed E-state index contributed by atoms with van der Waals surface area (Å²) < 4.78 is 0. The van der Waals surface area contributed by atoms with Gasteiger partial charge < -0.3 is 0 Å². The Morgan fingerprint density at radius 1 is 1.17 bits per heavy atom. The molecule has 0 heterocycles. The molecule has 2 radical (unpaired) electrons. The summed E-state index contributed by atoms with van der Waals surface area (Å²) in [6.07, 6.45) is 11.5. The molecule has 0 aliphatic heterocycles. The second-order valence-electron chi connectivity index (χ2n) is 3.67. The monoisotopic (exact) mass is 168 g/mol. The summed E-state index contributed by atoms with van der Waals surface area (Å²) in [7, 11) is 0. The molecule has 1 atom stereocenters. The molecule has 1 unspecified atom stereocenters. The lowest BCUT2D eigenvalue weighted by Gasteiger charge is -2.09. The number of rotatable bonds is 8. The van der Waals surface area contributed by atoms with Crippen molar-refractivity contribution in [1.82, 2.24) is 0 Å². The van der Waals surface area contributed by atoms with E-state index in [4.69, 9.17) is 0 Å². The van der Waals surface area contributed by atoms with Gasteiger partial charge in [-0.25, -0.2) is 0 Å². The summed E-state index contributed by atoms with van der Waals surface area (Å²) >= 11 is 0. The van der Waals surface area contributed by atoms with Gasteiger partial charge in [0.05, 0.1) is 0 Å². The van der Waals surface area contributed by atoms with E-state index in [1.165, 1.54) is 44.9 Å². The first-order chi connectivity index (χ1) is 5.81. The van der Waals surface area contributed by atoms with Gasteiger partial charge in [0.1, 0.15) is 0 Å². The molecule has 0 amide bonds. The van der Waals surface area contributed by atoms with E-state index < -0.39 is 0 Å². The molecule has 0 aliphatic carbocycles. The Bertz CT molecular complexity index is 76.1. The smallest absolute Gasteiger partial charge is 0.0383 e. The standard InChI is InChI=1S/C12H24/c1-4-6-8-9-11-12(3)10-7-5-2/h9,12H,3-8,10-11H2,1-2H3. The Hall–Kier alpha value is 0. The van der Waals surface area contributed by atoms with Crippen molar-refractivity contribution in [3.05, 3.63) is 13.3 Å². The van der Waals surface area contributed by atoms with Crippen LogP contribution in [0.4, 0.5) is 0 Å². The zero-order valence-electron chi connectivity index (χ0n) is 8.81. The van der Waals surface area contributed by atoms with Crippen LogP contribution in [-0.4, -0.2) is 0 Å². The van der Waals surface area contributed by atoms with Crippen LogP contribution in [-0.2, 0) is 0 Å². The highest BCUT2D eigenvalue weighted by molar-refractivity contribution is 4.72. The predicted molar refractivity (Wildman–Crippen MR) is 56.8 cm³/mol. The van der Waals surface area contributed by atoms with E-state index in [0.29, 0.717) is 5.92 Å². The van der Waals surface area contributed by atoms with Gasteiger partial charge in [-0.15, -0.1) is 0 Å². The minimum atomic E-state index is 0.668. The van der Waals surface area contributed by atoms with Crippen LogP contribution in [0.1, 0.15) is 58.8 Å². The van der Waals surface area contributed by atoms with Crippen molar-refractivity contribution in [2.24, 2.45) is 5.92 Å². The molecule has 0 spiro atoms. The normalized spacial score (nSPS) is 13.2. The zero-order chi connectivity index (χ0) is 9.23. The van der Waals surface area contributed by atoms with E-state index >= 15 is 0 Å². The number of hydrogen-bond donors (Lipinski definition) is 0. The first-order valence-electron chi connectivity index (χ1n) is 5.46. The summed E-state index contributed by atoms with van der Waals surface area (Å²) in [5.41, 5.74) is 0. The van der Waals surface area contributed by atoms with Crippen LogP contribution in [0, 0.1) is 19.3 Å². The summed E-state index contributed by atoms with van der Waals surface area (Å²) in [6, 6.07) is 0. The van der Waals surface area contributed by atoms with Crippen molar-refractivity contribution < 1.29 is 0 Å². The van der Waals surface area contributed by atoms with Crippen LogP contribution in [0.2, 0.25) is 0 Å². The molecule has 0 heteroatoms. The highest BCUT2D eigenvalue weighted by atomic mass is 14.1. The third-order valence-electron chi connectivity index (χ3n) is 2.23. The summed E-state index contributed by atoms with van der Waals surface area (Å²) in [5, 5.41) is 0. The second kappa shape index (κ2) is 9.09. The molecule has 0 bridgehead atoms. The highest BCUT2D eigenvalue weighted by Gasteiger charge is 2.00. The summed E-state index contributed by atoms with van der Waals surface area (Å²) in [6.45, 7) is 8.63. The van der Waals surface area contributed by atoms with Crippen LogP contribution in [0.15, 0.2) is 0 Å². The first kappa shape index (κ1) is 12.0. The van der Waals surface area contributed by atoms with Crippen LogP contribution in [0.25, 0.3) is 0 Å². The first-order valence-corrected chi connectivity index (χ1v) is 5.46. The summed E-state index contributed by atoms with van der Waals surface area (Å²) in [4.78, 5) is 0. The molecule has 0 aromatic carbocycles. The van der Waals surface area contributed by atoms with Crippen LogP contribution in [0.5, 0.6) is 0 Å². The quantitative estimate of drug-likeness (QED) is 0.471. The maximum Gasteiger partial charge on any atom is -0.0383 e. The van der Waals surface area contributed by atoms with Gasteiger partial charge in [0.15, 0.2) is 0 Å². The summed E-state index contributed by atoms with van der Waals surface area (Å²) in [5.74, 6) is 0.668. The molecule has 0 saturated heterocycles. The van der Waals surface area contributed by atoms with Crippen molar-refractivity contribution in [2.75, 3.05) is 0 Å². The lowest BCUT2D eigenvalue weighted by atomic mass is 9.97. The van der Waals surface area contributed by atoms with E-state index in [0.717, 1.165) is 0 Å². The van der Waals surface area contributed by atoms with Crippen molar-refractivity contribution in [3.8, 4) is 0 Å².